The lowest BCUT2D eigenvalue weighted by atomic mass is 9.92. The van der Waals surface area contributed by atoms with Crippen LogP contribution in [-0.2, 0) is 4.79 Å². The zero-order valence-electron chi connectivity index (χ0n) is 10.5. The summed E-state index contributed by atoms with van der Waals surface area (Å²) in [4.78, 5) is 11.9. The molecule has 0 aliphatic carbocycles. The number of nitrogens with two attached hydrogens (primary N) is 1. The maximum absolute atomic E-state index is 11.9. The molecular weight excluding hydrogens is 236 g/mol. The summed E-state index contributed by atoms with van der Waals surface area (Å²) in [5.41, 5.74) is 6.00. The van der Waals surface area contributed by atoms with E-state index in [-0.39, 0.29) is 11.9 Å². The molecule has 0 spiro atoms. The first-order valence-corrected chi connectivity index (χ1v) is 6.01. The van der Waals surface area contributed by atoms with E-state index in [1.807, 2.05) is 45.0 Å². The Morgan fingerprint density at radius 3 is 2.71 bits per heavy atom. The molecule has 1 amide bonds. The Morgan fingerprint density at radius 2 is 2.18 bits per heavy atom. The van der Waals surface area contributed by atoms with Crippen molar-refractivity contribution in [2.75, 3.05) is 6.54 Å². The van der Waals surface area contributed by atoms with Gasteiger partial charge in [-0.05, 0) is 38.5 Å². The van der Waals surface area contributed by atoms with Gasteiger partial charge >= 0.3 is 0 Å². The molecule has 0 aromatic heterocycles. The second kappa shape index (κ2) is 5.52. The van der Waals surface area contributed by atoms with Crippen molar-refractivity contribution < 1.29 is 4.79 Å². The largest absolute Gasteiger partial charge is 0.349 e. The lowest BCUT2D eigenvalue weighted by molar-refractivity contribution is -0.129. The van der Waals surface area contributed by atoms with Crippen molar-refractivity contribution >= 4 is 17.5 Å². The predicted octanol–water partition coefficient (Wildman–Crippen LogP) is 2.50. The third-order valence-corrected chi connectivity index (χ3v) is 3.06. The third-order valence-electron chi connectivity index (χ3n) is 2.82. The number of halogens is 1. The lowest BCUT2D eigenvalue weighted by Crippen LogP contribution is -2.42. The summed E-state index contributed by atoms with van der Waals surface area (Å²) >= 11 is 5.91. The molecule has 1 atom stereocenters. The first-order chi connectivity index (χ1) is 7.86. The van der Waals surface area contributed by atoms with Gasteiger partial charge in [-0.15, -0.1) is 0 Å². The molecule has 0 saturated heterocycles. The van der Waals surface area contributed by atoms with Gasteiger partial charge in [0.15, 0.2) is 0 Å². The Hall–Kier alpha value is -1.06. The Labute approximate surface area is 107 Å². The topological polar surface area (TPSA) is 55.1 Å². The van der Waals surface area contributed by atoms with E-state index in [1.54, 1.807) is 0 Å². The van der Waals surface area contributed by atoms with Gasteiger partial charge in [0.2, 0.25) is 5.91 Å². The van der Waals surface area contributed by atoms with Gasteiger partial charge in [0, 0.05) is 11.6 Å². The van der Waals surface area contributed by atoms with E-state index in [0.717, 1.165) is 5.56 Å². The highest BCUT2D eigenvalue weighted by Gasteiger charge is 2.26. The smallest absolute Gasteiger partial charge is 0.227 e. The average molecular weight is 255 g/mol. The van der Waals surface area contributed by atoms with Crippen LogP contribution < -0.4 is 11.1 Å². The molecule has 0 unspecified atom stereocenters. The molecule has 3 nitrogen and oxygen atoms in total. The molecule has 0 aliphatic heterocycles. The van der Waals surface area contributed by atoms with Crippen molar-refractivity contribution in [2.45, 2.75) is 26.8 Å². The minimum Gasteiger partial charge on any atom is -0.349 e. The van der Waals surface area contributed by atoms with E-state index >= 15 is 0 Å². The van der Waals surface area contributed by atoms with Gasteiger partial charge in [-0.25, -0.2) is 0 Å². The fourth-order valence-corrected chi connectivity index (χ4v) is 1.54. The van der Waals surface area contributed by atoms with Crippen LogP contribution in [-0.4, -0.2) is 12.5 Å². The van der Waals surface area contributed by atoms with E-state index in [4.69, 9.17) is 17.3 Å². The normalized spacial score (nSPS) is 13.2. The minimum atomic E-state index is -0.549. The number of nitrogens with one attached hydrogen (secondary N) is 1. The highest BCUT2D eigenvalue weighted by Crippen LogP contribution is 2.20. The van der Waals surface area contributed by atoms with Gasteiger partial charge in [-0.3, -0.25) is 4.79 Å². The van der Waals surface area contributed by atoms with Crippen LogP contribution in [0.3, 0.4) is 0 Å². The van der Waals surface area contributed by atoms with Crippen LogP contribution in [0.5, 0.6) is 0 Å². The van der Waals surface area contributed by atoms with Crippen LogP contribution in [0.15, 0.2) is 24.3 Å². The minimum absolute atomic E-state index is 0.0486. The number of carbonyl (C=O) groups is 1. The first-order valence-electron chi connectivity index (χ1n) is 5.63. The summed E-state index contributed by atoms with van der Waals surface area (Å²) < 4.78 is 0. The molecular formula is C13H19ClN2O. The van der Waals surface area contributed by atoms with Crippen molar-refractivity contribution in [1.29, 1.82) is 0 Å². The van der Waals surface area contributed by atoms with Crippen LogP contribution in [0.25, 0.3) is 0 Å². The quantitative estimate of drug-likeness (QED) is 0.868. The van der Waals surface area contributed by atoms with Gasteiger partial charge in [0.1, 0.15) is 0 Å². The third kappa shape index (κ3) is 3.72. The second-order valence-electron chi connectivity index (χ2n) is 4.84. The molecule has 17 heavy (non-hydrogen) atoms. The maximum atomic E-state index is 11.9. The summed E-state index contributed by atoms with van der Waals surface area (Å²) in [6.45, 7) is 5.90. The molecule has 1 rings (SSSR count). The number of hydrogen-bond donors (Lipinski definition) is 2. The summed E-state index contributed by atoms with van der Waals surface area (Å²) in [6, 6.07) is 7.39. The summed E-state index contributed by atoms with van der Waals surface area (Å²) in [6.07, 6.45) is 0. The van der Waals surface area contributed by atoms with Crippen LogP contribution in [0, 0.1) is 5.41 Å². The Bertz CT molecular complexity index is 404. The maximum Gasteiger partial charge on any atom is 0.227 e. The lowest BCUT2D eigenvalue weighted by Gasteiger charge is -2.24. The average Bonchev–Trinajstić information content (AvgIpc) is 2.28. The van der Waals surface area contributed by atoms with Gasteiger partial charge in [-0.1, -0.05) is 23.7 Å². The zero-order valence-corrected chi connectivity index (χ0v) is 11.2. The number of rotatable bonds is 4. The van der Waals surface area contributed by atoms with E-state index in [0.29, 0.717) is 11.6 Å². The highest BCUT2D eigenvalue weighted by molar-refractivity contribution is 6.30. The molecule has 0 radical (unpaired) electrons. The van der Waals surface area contributed by atoms with Crippen LogP contribution in [0.4, 0.5) is 0 Å². The molecule has 1 aromatic rings. The molecule has 3 N–H and O–H groups in total. The van der Waals surface area contributed by atoms with Crippen LogP contribution in [0.2, 0.25) is 5.02 Å². The SMILES string of the molecule is C[C@H](NC(=O)C(C)(C)CN)c1cccc(Cl)c1. The first kappa shape index (κ1) is 14.0. The fraction of sp³-hybridized carbons (Fsp3) is 0.462. The molecule has 0 heterocycles. The molecule has 1 aromatic carbocycles. The van der Waals surface area contributed by atoms with Gasteiger partial charge in [0.25, 0.3) is 0 Å². The van der Waals surface area contributed by atoms with E-state index in [9.17, 15) is 4.79 Å². The number of hydrogen-bond acceptors (Lipinski definition) is 2. The highest BCUT2D eigenvalue weighted by atomic mass is 35.5. The van der Waals surface area contributed by atoms with Crippen molar-refractivity contribution in [3.05, 3.63) is 34.9 Å². The van der Waals surface area contributed by atoms with E-state index < -0.39 is 5.41 Å². The number of benzene rings is 1. The predicted molar refractivity (Wildman–Crippen MR) is 70.8 cm³/mol. The Balaban J connectivity index is 2.73. The standard InChI is InChI=1S/C13H19ClN2O/c1-9(10-5-4-6-11(14)7-10)16-12(17)13(2,3)8-15/h4-7,9H,8,15H2,1-3H3,(H,16,17)/t9-/m0/s1. The fourth-order valence-electron chi connectivity index (χ4n) is 1.34. The van der Waals surface area contributed by atoms with Gasteiger partial charge < -0.3 is 11.1 Å². The van der Waals surface area contributed by atoms with Crippen molar-refractivity contribution in [3.63, 3.8) is 0 Å². The van der Waals surface area contributed by atoms with Crippen molar-refractivity contribution in [2.24, 2.45) is 11.1 Å². The van der Waals surface area contributed by atoms with Gasteiger partial charge in [0.05, 0.1) is 11.5 Å². The monoisotopic (exact) mass is 254 g/mol. The summed E-state index contributed by atoms with van der Waals surface area (Å²) in [7, 11) is 0. The molecule has 4 heteroatoms. The number of amides is 1. The number of carbonyl (C=O) groups excluding carboxylic acids is 1. The van der Waals surface area contributed by atoms with Crippen molar-refractivity contribution in [1.82, 2.24) is 5.32 Å². The van der Waals surface area contributed by atoms with Crippen molar-refractivity contribution in [3.8, 4) is 0 Å². The second-order valence-corrected chi connectivity index (χ2v) is 5.27. The Kier molecular flexibility index (Phi) is 4.54. The Morgan fingerprint density at radius 1 is 1.53 bits per heavy atom. The molecule has 0 bridgehead atoms. The zero-order chi connectivity index (χ0) is 13.1. The van der Waals surface area contributed by atoms with E-state index in [1.165, 1.54) is 0 Å². The van der Waals surface area contributed by atoms with Crippen LogP contribution in [0.1, 0.15) is 32.4 Å². The molecule has 0 aliphatic rings. The van der Waals surface area contributed by atoms with Gasteiger partial charge in [-0.2, -0.15) is 0 Å². The van der Waals surface area contributed by atoms with Crippen LogP contribution >= 0.6 is 11.6 Å². The summed E-state index contributed by atoms with van der Waals surface area (Å²) in [5, 5.41) is 3.61. The molecule has 0 saturated carbocycles. The van der Waals surface area contributed by atoms with E-state index in [2.05, 4.69) is 5.32 Å². The molecule has 94 valence electrons. The summed E-state index contributed by atoms with van der Waals surface area (Å²) in [5.74, 6) is -0.0486. The molecule has 0 fully saturated rings.